The van der Waals surface area contributed by atoms with Crippen LogP contribution in [0.1, 0.15) is 48.5 Å². The van der Waals surface area contributed by atoms with Gasteiger partial charge in [0.05, 0.1) is 0 Å². The summed E-state index contributed by atoms with van der Waals surface area (Å²) >= 11 is 17.3. The Morgan fingerprint density at radius 3 is 1.24 bits per heavy atom. The summed E-state index contributed by atoms with van der Waals surface area (Å²) in [7, 11) is 0. The summed E-state index contributed by atoms with van der Waals surface area (Å²) in [6, 6.07) is 0. The quantitative estimate of drug-likeness (QED) is 0.0953. The van der Waals surface area contributed by atoms with Crippen molar-refractivity contribution in [3.8, 4) is 0 Å². The fourth-order valence-electron chi connectivity index (χ4n) is 4.75. The molecule has 50 heavy (non-hydrogen) atoms. The van der Waals surface area contributed by atoms with Crippen LogP contribution in [0.25, 0.3) is 0 Å². The second-order valence-corrected chi connectivity index (χ2v) is 12.9. The molecule has 0 aromatic carbocycles. The molecular weight excluding hydrogens is 745 g/mol. The maximum Gasteiger partial charge on any atom is 0.303 e. The molecule has 2 heterocycles. The number of ether oxygens (including phenoxy) is 11. The van der Waals surface area contributed by atoms with Gasteiger partial charge in [-0.25, -0.2) is 0 Å². The van der Waals surface area contributed by atoms with E-state index in [0.29, 0.717) is 0 Å². The molecule has 19 nitrogen and oxygen atoms in total. The molecule has 0 aromatic heterocycles. The molecular formula is C28H36Cl3NO18. The van der Waals surface area contributed by atoms with Gasteiger partial charge in [0, 0.05) is 48.5 Å². The number of halogens is 3. The van der Waals surface area contributed by atoms with Crippen molar-refractivity contribution in [2.75, 3.05) is 13.2 Å². The average Bonchev–Trinajstić information content (AvgIpc) is 2.95. The summed E-state index contributed by atoms with van der Waals surface area (Å²) in [4.78, 5) is 84.9. The molecule has 2 aliphatic heterocycles. The molecule has 10 atom stereocenters. The van der Waals surface area contributed by atoms with Crippen molar-refractivity contribution in [1.29, 1.82) is 5.41 Å². The third kappa shape index (κ3) is 13.0. The van der Waals surface area contributed by atoms with Gasteiger partial charge in [-0.3, -0.25) is 39.0 Å². The standard InChI is InChI=1S/C28H36Cl3NO18/c1-10(33)40-8-17-19(42-12(3)35)21(43-13(4)36)23(45-15(6)38)25(47-17)49-20-18(9-41-11(2)34)48-26(50-27(32)28(29,30)31)24(46-16(7)39)22(20)44-14(5)37/h17-26,32H,8-9H2,1-7H3/t17-,18-,19-,20-,21+,22+,23-,24-,25+,26+/m1/s1. The zero-order valence-electron chi connectivity index (χ0n) is 27.7. The van der Waals surface area contributed by atoms with E-state index in [1.807, 2.05) is 0 Å². The number of nitrogens with one attached hydrogen (secondary N) is 1. The molecule has 2 rings (SSSR count). The van der Waals surface area contributed by atoms with Crippen molar-refractivity contribution < 1.29 is 85.7 Å². The van der Waals surface area contributed by atoms with E-state index in [4.69, 9.17) is 92.3 Å². The van der Waals surface area contributed by atoms with Gasteiger partial charge in [-0.15, -0.1) is 0 Å². The highest BCUT2D eigenvalue weighted by molar-refractivity contribution is 6.76. The fourth-order valence-corrected chi connectivity index (χ4v) is 4.88. The zero-order chi connectivity index (χ0) is 38.1. The molecule has 0 aliphatic carbocycles. The highest BCUT2D eigenvalue weighted by Gasteiger charge is 2.58. The lowest BCUT2D eigenvalue weighted by molar-refractivity contribution is -0.355. The first-order chi connectivity index (χ1) is 23.1. The van der Waals surface area contributed by atoms with E-state index in [1.165, 1.54) is 0 Å². The second-order valence-electron chi connectivity index (χ2n) is 10.6. The molecule has 0 radical (unpaired) electrons. The summed E-state index contributed by atoms with van der Waals surface area (Å²) in [5.74, 6) is -7.37. The van der Waals surface area contributed by atoms with Crippen LogP contribution in [0.3, 0.4) is 0 Å². The van der Waals surface area contributed by atoms with Crippen molar-refractivity contribution >= 4 is 82.5 Å². The van der Waals surface area contributed by atoms with Gasteiger partial charge in [-0.05, 0) is 0 Å². The van der Waals surface area contributed by atoms with E-state index < -0.39 is 126 Å². The summed E-state index contributed by atoms with van der Waals surface area (Å²) < 4.78 is 58.1. The van der Waals surface area contributed by atoms with Crippen LogP contribution in [0.2, 0.25) is 0 Å². The highest BCUT2D eigenvalue weighted by Crippen LogP contribution is 2.37. The lowest BCUT2D eigenvalue weighted by atomic mass is 9.96. The Hall–Kier alpha value is -3.49. The van der Waals surface area contributed by atoms with Gasteiger partial charge in [-0.1, -0.05) is 34.8 Å². The predicted molar refractivity (Wildman–Crippen MR) is 162 cm³/mol. The maximum atomic E-state index is 12.4. The molecule has 0 saturated carbocycles. The van der Waals surface area contributed by atoms with Crippen LogP contribution in [-0.4, -0.2) is 126 Å². The van der Waals surface area contributed by atoms with Gasteiger partial charge < -0.3 is 52.1 Å². The topological polar surface area (TPSA) is 245 Å². The minimum atomic E-state index is -2.45. The van der Waals surface area contributed by atoms with Gasteiger partial charge in [0.25, 0.3) is 3.79 Å². The van der Waals surface area contributed by atoms with Crippen molar-refractivity contribution in [2.24, 2.45) is 0 Å². The van der Waals surface area contributed by atoms with Gasteiger partial charge in [0.2, 0.25) is 18.3 Å². The SMILES string of the molecule is CC(=O)OC[C@H]1O[C@@H](O[C@H]2[C@H](OC(C)=O)[C@@H](OC(C)=O)[C@H](OC(=N)C(Cl)(Cl)Cl)O[C@@H]2COC(C)=O)[C@H](OC(C)=O)[C@@H](OC(C)=O)[C@@H]1OC(C)=O. The third-order valence-corrected chi connectivity index (χ3v) is 6.89. The van der Waals surface area contributed by atoms with Gasteiger partial charge >= 0.3 is 41.8 Å². The molecule has 282 valence electrons. The molecule has 0 bridgehead atoms. The molecule has 2 saturated heterocycles. The fraction of sp³-hybridized carbons (Fsp3) is 0.714. The largest absolute Gasteiger partial charge is 0.463 e. The Morgan fingerprint density at radius 1 is 0.500 bits per heavy atom. The van der Waals surface area contributed by atoms with Crippen LogP contribution in [0.5, 0.6) is 0 Å². The Morgan fingerprint density at radius 2 is 0.840 bits per heavy atom. The van der Waals surface area contributed by atoms with Crippen LogP contribution >= 0.6 is 34.8 Å². The van der Waals surface area contributed by atoms with Crippen molar-refractivity contribution in [2.45, 2.75) is 114 Å². The molecule has 0 spiro atoms. The van der Waals surface area contributed by atoms with E-state index >= 15 is 0 Å². The second kappa shape index (κ2) is 18.7. The van der Waals surface area contributed by atoms with E-state index in [0.717, 1.165) is 48.5 Å². The summed E-state index contributed by atoms with van der Waals surface area (Å²) in [6.45, 7) is 5.79. The number of esters is 7. The number of rotatable bonds is 12. The summed E-state index contributed by atoms with van der Waals surface area (Å²) in [5, 5.41) is 8.03. The maximum absolute atomic E-state index is 12.4. The monoisotopic (exact) mass is 779 g/mol. The van der Waals surface area contributed by atoms with Gasteiger partial charge in [0.15, 0.2) is 30.7 Å². The molecule has 0 aromatic rings. The van der Waals surface area contributed by atoms with Crippen molar-refractivity contribution in [1.82, 2.24) is 0 Å². The van der Waals surface area contributed by atoms with Crippen molar-refractivity contribution in [3.63, 3.8) is 0 Å². The average molecular weight is 781 g/mol. The molecule has 2 fully saturated rings. The van der Waals surface area contributed by atoms with Crippen LogP contribution in [-0.2, 0) is 85.7 Å². The first-order valence-corrected chi connectivity index (χ1v) is 15.7. The zero-order valence-corrected chi connectivity index (χ0v) is 29.9. The van der Waals surface area contributed by atoms with E-state index in [2.05, 4.69) is 0 Å². The molecule has 2 aliphatic rings. The molecule has 0 amide bonds. The lowest BCUT2D eigenvalue weighted by Gasteiger charge is -2.48. The first kappa shape index (κ1) is 42.7. The molecule has 22 heteroatoms. The first-order valence-electron chi connectivity index (χ1n) is 14.5. The Kier molecular flexibility index (Phi) is 15.9. The lowest BCUT2D eigenvalue weighted by Crippen LogP contribution is -2.67. The minimum Gasteiger partial charge on any atom is -0.463 e. The number of hydrogen-bond donors (Lipinski definition) is 1. The van der Waals surface area contributed by atoms with E-state index in [9.17, 15) is 33.6 Å². The Bertz CT molecular complexity index is 1310. The van der Waals surface area contributed by atoms with E-state index in [1.54, 1.807) is 0 Å². The van der Waals surface area contributed by atoms with Crippen LogP contribution in [0, 0.1) is 5.41 Å². The normalized spacial score (nSPS) is 29.3. The van der Waals surface area contributed by atoms with E-state index in [-0.39, 0.29) is 0 Å². The minimum absolute atomic E-state index is 0.617. The van der Waals surface area contributed by atoms with Crippen LogP contribution in [0.4, 0.5) is 0 Å². The third-order valence-electron chi connectivity index (χ3n) is 6.38. The molecule has 0 unspecified atom stereocenters. The molecule has 1 N–H and O–H groups in total. The number of carbonyl (C=O) groups excluding carboxylic acids is 7. The number of hydrogen-bond acceptors (Lipinski definition) is 19. The van der Waals surface area contributed by atoms with Crippen LogP contribution in [0.15, 0.2) is 0 Å². The van der Waals surface area contributed by atoms with Gasteiger partial charge in [-0.2, -0.15) is 0 Å². The predicted octanol–water partition coefficient (Wildman–Crippen LogP) is 0.970. The van der Waals surface area contributed by atoms with Crippen LogP contribution < -0.4 is 0 Å². The number of carbonyl (C=O) groups is 7. The van der Waals surface area contributed by atoms with Crippen molar-refractivity contribution in [3.05, 3.63) is 0 Å². The Labute approximate surface area is 300 Å². The smallest absolute Gasteiger partial charge is 0.303 e. The summed E-state index contributed by atoms with van der Waals surface area (Å²) in [6.07, 6.45) is -17.0. The summed E-state index contributed by atoms with van der Waals surface area (Å²) in [5.41, 5.74) is 0. The highest BCUT2D eigenvalue weighted by atomic mass is 35.6. The number of alkyl halides is 3. The Balaban J connectivity index is 2.77. The van der Waals surface area contributed by atoms with Gasteiger partial charge in [0.1, 0.15) is 31.5 Å².